The minimum absolute atomic E-state index is 0.0848. The second-order valence-electron chi connectivity index (χ2n) is 4.43. The maximum absolute atomic E-state index is 11.9. The molecule has 1 aliphatic rings. The Bertz CT molecular complexity index is 574. The number of amides is 2. The number of nitrogens with zero attached hydrogens (tertiary/aromatic N) is 1. The maximum atomic E-state index is 11.9. The van der Waals surface area contributed by atoms with Crippen LogP contribution in [0, 0.1) is 0 Å². The SMILES string of the molecule is CC1=C(C)C(=O)N(c2ccc(CC(=O)O)cc2)C1=O. The smallest absolute Gasteiger partial charge is 0.307 e. The highest BCUT2D eigenvalue weighted by atomic mass is 16.4. The molecule has 2 amide bonds. The van der Waals surface area contributed by atoms with Gasteiger partial charge in [-0.25, -0.2) is 4.90 Å². The van der Waals surface area contributed by atoms with Crippen LogP contribution in [-0.4, -0.2) is 22.9 Å². The Labute approximate surface area is 110 Å². The molecular weight excluding hydrogens is 246 g/mol. The van der Waals surface area contributed by atoms with Crippen molar-refractivity contribution < 1.29 is 19.5 Å². The van der Waals surface area contributed by atoms with Crippen LogP contribution in [-0.2, 0) is 20.8 Å². The highest BCUT2D eigenvalue weighted by molar-refractivity contribution is 6.32. The molecule has 5 heteroatoms. The molecule has 5 nitrogen and oxygen atoms in total. The van der Waals surface area contributed by atoms with E-state index in [0.29, 0.717) is 22.4 Å². The summed E-state index contributed by atoms with van der Waals surface area (Å²) in [4.78, 5) is 35.6. The van der Waals surface area contributed by atoms with Crippen LogP contribution < -0.4 is 4.90 Å². The van der Waals surface area contributed by atoms with E-state index in [1.54, 1.807) is 38.1 Å². The van der Waals surface area contributed by atoms with E-state index in [1.807, 2.05) is 0 Å². The summed E-state index contributed by atoms with van der Waals surface area (Å²) in [5.74, 6) is -1.57. The molecule has 19 heavy (non-hydrogen) atoms. The molecule has 0 fully saturated rings. The molecule has 0 spiro atoms. The van der Waals surface area contributed by atoms with E-state index >= 15 is 0 Å². The number of carboxylic acid groups (broad SMARTS) is 1. The molecule has 0 aliphatic carbocycles. The van der Waals surface area contributed by atoms with Crippen molar-refractivity contribution in [3.63, 3.8) is 0 Å². The van der Waals surface area contributed by atoms with Crippen LogP contribution in [0.25, 0.3) is 0 Å². The van der Waals surface area contributed by atoms with E-state index in [4.69, 9.17) is 5.11 Å². The van der Waals surface area contributed by atoms with Gasteiger partial charge < -0.3 is 5.11 Å². The normalized spacial score (nSPS) is 15.4. The van der Waals surface area contributed by atoms with Gasteiger partial charge in [-0.3, -0.25) is 14.4 Å². The Morgan fingerprint density at radius 2 is 1.53 bits per heavy atom. The lowest BCUT2D eigenvalue weighted by atomic mass is 10.1. The van der Waals surface area contributed by atoms with Crippen molar-refractivity contribution in [3.05, 3.63) is 41.0 Å². The lowest BCUT2D eigenvalue weighted by molar-refractivity contribution is -0.136. The van der Waals surface area contributed by atoms with E-state index in [0.717, 1.165) is 4.90 Å². The summed E-state index contributed by atoms with van der Waals surface area (Å²) in [7, 11) is 0. The largest absolute Gasteiger partial charge is 0.481 e. The summed E-state index contributed by atoms with van der Waals surface area (Å²) in [6.07, 6.45) is -0.0848. The first-order valence-corrected chi connectivity index (χ1v) is 5.79. The number of anilines is 1. The van der Waals surface area contributed by atoms with Gasteiger partial charge in [0.1, 0.15) is 0 Å². The lowest BCUT2D eigenvalue weighted by Gasteiger charge is -2.15. The standard InChI is InChI=1S/C14H13NO4/c1-8-9(2)14(19)15(13(8)18)11-5-3-10(4-6-11)7-12(16)17/h3-6H,7H2,1-2H3,(H,16,17). The van der Waals surface area contributed by atoms with E-state index in [2.05, 4.69) is 0 Å². The lowest BCUT2D eigenvalue weighted by Crippen LogP contribution is -2.31. The zero-order valence-corrected chi connectivity index (χ0v) is 10.6. The van der Waals surface area contributed by atoms with E-state index in [9.17, 15) is 14.4 Å². The van der Waals surface area contributed by atoms with Crippen LogP contribution in [0.3, 0.4) is 0 Å². The van der Waals surface area contributed by atoms with Gasteiger partial charge >= 0.3 is 5.97 Å². The Morgan fingerprint density at radius 3 is 1.95 bits per heavy atom. The predicted octanol–water partition coefficient (Wildman–Crippen LogP) is 1.52. The zero-order chi connectivity index (χ0) is 14.2. The van der Waals surface area contributed by atoms with Gasteiger partial charge in [0, 0.05) is 11.1 Å². The summed E-state index contributed by atoms with van der Waals surface area (Å²) in [5, 5.41) is 8.68. The van der Waals surface area contributed by atoms with Crippen molar-refractivity contribution in [2.75, 3.05) is 4.90 Å². The van der Waals surface area contributed by atoms with Gasteiger partial charge in [0.2, 0.25) is 0 Å². The number of imide groups is 1. The van der Waals surface area contributed by atoms with Gasteiger partial charge in [0.25, 0.3) is 11.8 Å². The molecule has 1 aromatic rings. The molecule has 0 unspecified atom stereocenters. The third-order valence-electron chi connectivity index (χ3n) is 3.16. The molecule has 1 aliphatic heterocycles. The van der Waals surface area contributed by atoms with Crippen LogP contribution >= 0.6 is 0 Å². The number of aliphatic carboxylic acids is 1. The summed E-state index contributed by atoms with van der Waals surface area (Å²) >= 11 is 0. The highest BCUT2D eigenvalue weighted by Crippen LogP contribution is 2.26. The summed E-state index contributed by atoms with van der Waals surface area (Å²) in [5.41, 5.74) is 1.97. The molecule has 1 heterocycles. The summed E-state index contributed by atoms with van der Waals surface area (Å²) < 4.78 is 0. The highest BCUT2D eigenvalue weighted by Gasteiger charge is 2.34. The van der Waals surface area contributed by atoms with Crippen molar-refractivity contribution >= 4 is 23.5 Å². The van der Waals surface area contributed by atoms with Gasteiger partial charge in [-0.1, -0.05) is 12.1 Å². The first kappa shape index (κ1) is 13.0. The van der Waals surface area contributed by atoms with E-state index in [-0.39, 0.29) is 18.2 Å². The summed E-state index contributed by atoms with van der Waals surface area (Å²) in [6, 6.07) is 6.37. The van der Waals surface area contributed by atoms with Crippen LogP contribution in [0.2, 0.25) is 0 Å². The van der Waals surface area contributed by atoms with Crippen LogP contribution in [0.5, 0.6) is 0 Å². The Hall–Kier alpha value is -2.43. The molecule has 0 bridgehead atoms. The molecule has 2 rings (SSSR count). The number of benzene rings is 1. The monoisotopic (exact) mass is 259 g/mol. The molecular formula is C14H13NO4. The third kappa shape index (κ3) is 2.27. The van der Waals surface area contributed by atoms with Crippen LogP contribution in [0.15, 0.2) is 35.4 Å². The average Bonchev–Trinajstić information content (AvgIpc) is 2.55. The molecule has 0 aromatic heterocycles. The number of hydrogen-bond acceptors (Lipinski definition) is 3. The number of carbonyl (C=O) groups excluding carboxylic acids is 2. The summed E-state index contributed by atoms with van der Waals surface area (Å²) in [6.45, 7) is 3.24. The van der Waals surface area contributed by atoms with Crippen molar-refractivity contribution in [2.24, 2.45) is 0 Å². The molecule has 0 atom stereocenters. The second kappa shape index (κ2) is 4.68. The second-order valence-corrected chi connectivity index (χ2v) is 4.43. The van der Waals surface area contributed by atoms with Gasteiger partial charge in [0.15, 0.2) is 0 Å². The predicted molar refractivity (Wildman–Crippen MR) is 68.6 cm³/mol. The molecule has 0 radical (unpaired) electrons. The molecule has 1 aromatic carbocycles. The number of hydrogen-bond donors (Lipinski definition) is 1. The van der Waals surface area contributed by atoms with Gasteiger partial charge in [-0.2, -0.15) is 0 Å². The Morgan fingerprint density at radius 1 is 1.05 bits per heavy atom. The van der Waals surface area contributed by atoms with Crippen molar-refractivity contribution in [1.29, 1.82) is 0 Å². The first-order valence-electron chi connectivity index (χ1n) is 5.79. The topological polar surface area (TPSA) is 74.7 Å². The maximum Gasteiger partial charge on any atom is 0.307 e. The molecule has 98 valence electrons. The fraction of sp³-hybridized carbons (Fsp3) is 0.214. The van der Waals surface area contributed by atoms with Gasteiger partial charge in [-0.05, 0) is 31.5 Å². The minimum atomic E-state index is -0.922. The minimum Gasteiger partial charge on any atom is -0.481 e. The fourth-order valence-corrected chi connectivity index (χ4v) is 1.92. The first-order chi connectivity index (χ1) is 8.91. The van der Waals surface area contributed by atoms with Gasteiger partial charge in [-0.15, -0.1) is 0 Å². The number of rotatable bonds is 3. The van der Waals surface area contributed by atoms with Crippen molar-refractivity contribution in [2.45, 2.75) is 20.3 Å². The number of carboxylic acids is 1. The van der Waals surface area contributed by atoms with Crippen molar-refractivity contribution in [1.82, 2.24) is 0 Å². The van der Waals surface area contributed by atoms with E-state index < -0.39 is 5.97 Å². The molecule has 0 saturated carbocycles. The third-order valence-corrected chi connectivity index (χ3v) is 3.16. The quantitative estimate of drug-likeness (QED) is 0.835. The fourth-order valence-electron chi connectivity index (χ4n) is 1.92. The molecule has 1 N–H and O–H groups in total. The molecule has 0 saturated heterocycles. The average molecular weight is 259 g/mol. The number of carbonyl (C=O) groups is 3. The van der Waals surface area contributed by atoms with Crippen molar-refractivity contribution in [3.8, 4) is 0 Å². The van der Waals surface area contributed by atoms with Gasteiger partial charge in [0.05, 0.1) is 12.1 Å². The van der Waals surface area contributed by atoms with E-state index in [1.165, 1.54) is 0 Å². The zero-order valence-electron chi connectivity index (χ0n) is 10.6. The van der Waals surface area contributed by atoms with Crippen LogP contribution in [0.1, 0.15) is 19.4 Å². The van der Waals surface area contributed by atoms with Crippen LogP contribution in [0.4, 0.5) is 5.69 Å². The Kier molecular flexibility index (Phi) is 3.21. The Balaban J connectivity index is 2.27.